The van der Waals surface area contributed by atoms with Crippen LogP contribution in [-0.2, 0) is 13.1 Å². The van der Waals surface area contributed by atoms with Crippen molar-refractivity contribution in [1.29, 1.82) is 0 Å². The lowest BCUT2D eigenvalue weighted by atomic mass is 10.1. The second-order valence-electron chi connectivity index (χ2n) is 6.19. The van der Waals surface area contributed by atoms with Gasteiger partial charge in [0.25, 0.3) is 5.91 Å². The lowest BCUT2D eigenvalue weighted by Gasteiger charge is -2.13. The molecule has 0 unspecified atom stereocenters. The van der Waals surface area contributed by atoms with Crippen LogP contribution in [-0.4, -0.2) is 57.0 Å². The molecule has 7 nitrogen and oxygen atoms in total. The van der Waals surface area contributed by atoms with Crippen LogP contribution in [0.15, 0.2) is 34.6 Å². The Morgan fingerprint density at radius 2 is 1.77 bits per heavy atom. The molecule has 0 saturated heterocycles. The van der Waals surface area contributed by atoms with Gasteiger partial charge in [0.15, 0.2) is 11.1 Å². The van der Waals surface area contributed by atoms with Crippen molar-refractivity contribution in [1.82, 2.24) is 20.5 Å². The van der Waals surface area contributed by atoms with E-state index in [9.17, 15) is 4.79 Å². The largest absolute Gasteiger partial charge is 0.354 e. The number of hydrogen-bond donors (Lipinski definition) is 2. The minimum atomic E-state index is 0.00217. The van der Waals surface area contributed by atoms with Crippen molar-refractivity contribution in [2.75, 3.05) is 40.1 Å². The van der Waals surface area contributed by atoms with Crippen LogP contribution >= 0.6 is 11.3 Å². The van der Waals surface area contributed by atoms with Crippen molar-refractivity contribution in [2.45, 2.75) is 13.1 Å². The van der Waals surface area contributed by atoms with Crippen molar-refractivity contribution in [2.24, 2.45) is 4.99 Å². The van der Waals surface area contributed by atoms with E-state index in [-0.39, 0.29) is 5.91 Å². The normalized spacial score (nSPS) is 11.2. The Labute approximate surface area is 158 Å². The van der Waals surface area contributed by atoms with E-state index >= 15 is 0 Å². The number of thiazole rings is 1. The van der Waals surface area contributed by atoms with Crippen LogP contribution in [0.25, 0.3) is 0 Å². The molecule has 0 atom stereocenters. The van der Waals surface area contributed by atoms with E-state index in [1.165, 1.54) is 0 Å². The number of nitrogens with zero attached hydrogens (tertiary/aromatic N) is 4. The molecule has 1 amide bonds. The SMILES string of the molecule is CN=C(NCc1ccc(C(=O)N(C)C)cc1)NCc1csc(N(C)C)n1. The molecule has 0 saturated carbocycles. The maximum atomic E-state index is 11.9. The maximum Gasteiger partial charge on any atom is 0.253 e. The van der Waals surface area contributed by atoms with Crippen LogP contribution < -0.4 is 15.5 Å². The van der Waals surface area contributed by atoms with Crippen LogP contribution in [0.4, 0.5) is 5.13 Å². The van der Waals surface area contributed by atoms with Crippen LogP contribution in [0, 0.1) is 0 Å². The number of carbonyl (C=O) groups excluding carboxylic acids is 1. The molecule has 2 aromatic rings. The van der Waals surface area contributed by atoms with Gasteiger partial charge in [-0.15, -0.1) is 11.3 Å². The Morgan fingerprint density at radius 3 is 2.31 bits per heavy atom. The summed E-state index contributed by atoms with van der Waals surface area (Å²) in [5.41, 5.74) is 2.74. The van der Waals surface area contributed by atoms with Crippen LogP contribution in [0.1, 0.15) is 21.6 Å². The van der Waals surface area contributed by atoms with Gasteiger partial charge in [0, 0.05) is 52.7 Å². The fraction of sp³-hybridized carbons (Fsp3) is 0.389. The standard InChI is InChI=1S/C18H26N6OS/c1-19-17(21-11-15-12-26-18(22-15)24(4)5)20-10-13-6-8-14(9-7-13)16(25)23(2)3/h6-9,12H,10-11H2,1-5H3,(H2,19,20,21). The molecule has 1 heterocycles. The molecule has 0 spiro atoms. The summed E-state index contributed by atoms with van der Waals surface area (Å²) in [5, 5.41) is 9.54. The Hall–Kier alpha value is -2.61. The number of amides is 1. The molecule has 0 bridgehead atoms. The Balaban J connectivity index is 1.85. The first-order valence-corrected chi connectivity index (χ1v) is 9.15. The summed E-state index contributed by atoms with van der Waals surface area (Å²) < 4.78 is 0. The van der Waals surface area contributed by atoms with E-state index in [1.807, 2.05) is 48.6 Å². The maximum absolute atomic E-state index is 11.9. The van der Waals surface area contributed by atoms with E-state index in [0.29, 0.717) is 24.6 Å². The molecule has 0 aliphatic heterocycles. The highest BCUT2D eigenvalue weighted by Crippen LogP contribution is 2.17. The number of aromatic nitrogens is 1. The highest BCUT2D eigenvalue weighted by molar-refractivity contribution is 7.13. The predicted octanol–water partition coefficient (Wildman–Crippen LogP) is 1.78. The van der Waals surface area contributed by atoms with E-state index in [4.69, 9.17) is 0 Å². The monoisotopic (exact) mass is 374 g/mol. The number of aliphatic imine (C=N–C) groups is 1. The third-order valence-electron chi connectivity index (χ3n) is 3.65. The van der Waals surface area contributed by atoms with Crippen molar-refractivity contribution in [3.05, 3.63) is 46.5 Å². The molecule has 2 N–H and O–H groups in total. The number of benzene rings is 1. The molecule has 0 aliphatic rings. The number of rotatable bonds is 6. The smallest absolute Gasteiger partial charge is 0.253 e. The third-order valence-corrected chi connectivity index (χ3v) is 4.71. The van der Waals surface area contributed by atoms with Gasteiger partial charge in [0.1, 0.15) is 0 Å². The second-order valence-corrected chi connectivity index (χ2v) is 7.03. The summed E-state index contributed by atoms with van der Waals surface area (Å²) in [6.45, 7) is 1.23. The summed E-state index contributed by atoms with van der Waals surface area (Å²) in [7, 11) is 9.19. The minimum Gasteiger partial charge on any atom is -0.354 e. The van der Waals surface area contributed by atoms with E-state index in [2.05, 4.69) is 20.6 Å². The third kappa shape index (κ3) is 5.45. The number of nitrogens with one attached hydrogen (secondary N) is 2. The fourth-order valence-electron chi connectivity index (χ4n) is 2.19. The van der Waals surface area contributed by atoms with Crippen molar-refractivity contribution in [3.63, 3.8) is 0 Å². The molecule has 2 rings (SSSR count). The van der Waals surface area contributed by atoms with Gasteiger partial charge in [-0.05, 0) is 17.7 Å². The number of carbonyl (C=O) groups is 1. The zero-order chi connectivity index (χ0) is 19.1. The van der Waals surface area contributed by atoms with Crippen molar-refractivity contribution in [3.8, 4) is 0 Å². The fourth-order valence-corrected chi connectivity index (χ4v) is 2.95. The number of guanidine groups is 1. The lowest BCUT2D eigenvalue weighted by Crippen LogP contribution is -2.36. The number of anilines is 1. The quantitative estimate of drug-likeness (QED) is 0.596. The van der Waals surface area contributed by atoms with Crippen molar-refractivity contribution >= 4 is 28.3 Å². The lowest BCUT2D eigenvalue weighted by molar-refractivity contribution is 0.0827. The Morgan fingerprint density at radius 1 is 1.12 bits per heavy atom. The first-order valence-electron chi connectivity index (χ1n) is 8.27. The first kappa shape index (κ1) is 19.7. The summed E-state index contributed by atoms with van der Waals surface area (Å²) in [6, 6.07) is 7.57. The Bertz CT molecular complexity index is 751. The second kappa shape index (κ2) is 9.19. The summed E-state index contributed by atoms with van der Waals surface area (Å²) >= 11 is 1.62. The average Bonchev–Trinajstić information content (AvgIpc) is 3.11. The average molecular weight is 375 g/mol. The molecule has 0 fully saturated rings. The molecule has 26 heavy (non-hydrogen) atoms. The van der Waals surface area contributed by atoms with E-state index in [0.717, 1.165) is 16.4 Å². The van der Waals surface area contributed by atoms with Gasteiger partial charge >= 0.3 is 0 Å². The number of hydrogen-bond acceptors (Lipinski definition) is 5. The molecular weight excluding hydrogens is 348 g/mol. The zero-order valence-corrected chi connectivity index (χ0v) is 16.7. The highest BCUT2D eigenvalue weighted by atomic mass is 32.1. The molecule has 0 aliphatic carbocycles. The van der Waals surface area contributed by atoms with Gasteiger partial charge in [-0.3, -0.25) is 9.79 Å². The first-order chi connectivity index (χ1) is 12.4. The predicted molar refractivity (Wildman–Crippen MR) is 108 cm³/mol. The minimum absolute atomic E-state index is 0.00217. The van der Waals surface area contributed by atoms with Gasteiger partial charge in [0.05, 0.1) is 12.2 Å². The van der Waals surface area contributed by atoms with Gasteiger partial charge in [-0.25, -0.2) is 4.98 Å². The summed E-state index contributed by atoms with van der Waals surface area (Å²) in [6.07, 6.45) is 0. The van der Waals surface area contributed by atoms with Gasteiger partial charge in [-0.2, -0.15) is 0 Å². The van der Waals surface area contributed by atoms with Crippen LogP contribution in [0.2, 0.25) is 0 Å². The van der Waals surface area contributed by atoms with Gasteiger partial charge in [-0.1, -0.05) is 12.1 Å². The molecule has 140 valence electrons. The van der Waals surface area contributed by atoms with Crippen molar-refractivity contribution < 1.29 is 4.79 Å². The molecule has 1 aromatic carbocycles. The van der Waals surface area contributed by atoms with E-state index < -0.39 is 0 Å². The summed E-state index contributed by atoms with van der Waals surface area (Å²) in [4.78, 5) is 24.2. The highest BCUT2D eigenvalue weighted by Gasteiger charge is 2.08. The van der Waals surface area contributed by atoms with Crippen LogP contribution in [0.5, 0.6) is 0 Å². The Kier molecular flexibility index (Phi) is 6.97. The molecule has 8 heteroatoms. The van der Waals surface area contributed by atoms with E-state index in [1.54, 1.807) is 37.4 Å². The topological polar surface area (TPSA) is 72.9 Å². The van der Waals surface area contributed by atoms with Crippen LogP contribution in [0.3, 0.4) is 0 Å². The molecule has 0 radical (unpaired) electrons. The molecule has 1 aromatic heterocycles. The zero-order valence-electron chi connectivity index (χ0n) is 15.9. The van der Waals surface area contributed by atoms with Gasteiger partial charge in [0.2, 0.25) is 0 Å². The molecular formula is C18H26N6OS. The summed E-state index contributed by atoms with van der Waals surface area (Å²) in [5.74, 6) is 0.709. The van der Waals surface area contributed by atoms with Gasteiger partial charge < -0.3 is 20.4 Å².